The van der Waals surface area contributed by atoms with Crippen LogP contribution < -0.4 is 0 Å². The second kappa shape index (κ2) is 4.73. The van der Waals surface area contributed by atoms with Crippen LogP contribution in [0.4, 0.5) is 0 Å². The molecule has 0 bridgehead atoms. The second-order valence-electron chi connectivity index (χ2n) is 4.47. The molecule has 0 amide bonds. The molecule has 4 atom stereocenters. The van der Waals surface area contributed by atoms with Crippen LogP contribution in [0.2, 0.25) is 5.28 Å². The average molecular weight is 285 g/mol. The van der Waals surface area contributed by atoms with Gasteiger partial charge in [0.1, 0.15) is 18.3 Å². The van der Waals surface area contributed by atoms with Crippen molar-refractivity contribution >= 4 is 22.6 Å². The molecule has 0 aliphatic carbocycles. The van der Waals surface area contributed by atoms with Crippen molar-refractivity contribution in [3.8, 4) is 0 Å². The van der Waals surface area contributed by atoms with Crippen molar-refractivity contribution in [2.45, 2.75) is 24.5 Å². The standard InChI is InChI=1S/C12H13ClN2O4/c13-12-14-6-3-1-2-4-7(6)15(12)11-10(18)9(17)8(5-16)19-11/h1-4,8-11,16-18H,5H2/t8-,9+,10+,11+/m0/s1. The molecular weight excluding hydrogens is 272 g/mol. The van der Waals surface area contributed by atoms with E-state index in [0.29, 0.717) is 11.0 Å². The van der Waals surface area contributed by atoms with E-state index in [2.05, 4.69) is 4.98 Å². The van der Waals surface area contributed by atoms with E-state index in [1.807, 2.05) is 12.1 Å². The van der Waals surface area contributed by atoms with Crippen molar-refractivity contribution in [3.63, 3.8) is 0 Å². The van der Waals surface area contributed by atoms with Crippen LogP contribution in [0.1, 0.15) is 6.23 Å². The third kappa shape index (κ3) is 1.92. The van der Waals surface area contributed by atoms with Gasteiger partial charge < -0.3 is 20.1 Å². The summed E-state index contributed by atoms with van der Waals surface area (Å²) < 4.78 is 6.97. The van der Waals surface area contributed by atoms with Gasteiger partial charge in [0.25, 0.3) is 0 Å². The summed E-state index contributed by atoms with van der Waals surface area (Å²) in [5, 5.41) is 29.1. The SMILES string of the molecule is OC[C@@H]1O[C@@H](n2c(Cl)nc3ccccc32)[C@H](O)[C@@H]1O. The number of aliphatic hydroxyl groups excluding tert-OH is 3. The Kier molecular flexibility index (Phi) is 3.20. The monoisotopic (exact) mass is 284 g/mol. The Hall–Kier alpha value is -1.18. The minimum Gasteiger partial charge on any atom is -0.394 e. The van der Waals surface area contributed by atoms with Crippen LogP contribution in [0.15, 0.2) is 24.3 Å². The second-order valence-corrected chi connectivity index (χ2v) is 4.81. The van der Waals surface area contributed by atoms with Gasteiger partial charge in [-0.25, -0.2) is 4.98 Å². The molecule has 0 saturated carbocycles. The van der Waals surface area contributed by atoms with Crippen molar-refractivity contribution in [2.24, 2.45) is 0 Å². The van der Waals surface area contributed by atoms with Gasteiger partial charge in [-0.05, 0) is 23.7 Å². The van der Waals surface area contributed by atoms with Crippen molar-refractivity contribution < 1.29 is 20.1 Å². The first-order valence-electron chi connectivity index (χ1n) is 5.88. The summed E-state index contributed by atoms with van der Waals surface area (Å²) in [5.74, 6) is 0. The van der Waals surface area contributed by atoms with Gasteiger partial charge in [-0.15, -0.1) is 0 Å². The quantitative estimate of drug-likeness (QED) is 0.738. The zero-order chi connectivity index (χ0) is 13.6. The van der Waals surface area contributed by atoms with E-state index >= 15 is 0 Å². The van der Waals surface area contributed by atoms with Crippen LogP contribution in [0.5, 0.6) is 0 Å². The summed E-state index contributed by atoms with van der Waals surface area (Å²) in [5.41, 5.74) is 1.37. The zero-order valence-corrected chi connectivity index (χ0v) is 10.6. The highest BCUT2D eigenvalue weighted by atomic mass is 35.5. The predicted molar refractivity (Wildman–Crippen MR) is 67.8 cm³/mol. The third-order valence-corrected chi connectivity index (χ3v) is 3.59. The number of hydrogen-bond acceptors (Lipinski definition) is 5. The summed E-state index contributed by atoms with van der Waals surface area (Å²) in [4.78, 5) is 4.16. The minimum atomic E-state index is -1.17. The zero-order valence-electron chi connectivity index (χ0n) is 9.85. The van der Waals surface area contributed by atoms with Crippen LogP contribution >= 0.6 is 11.6 Å². The molecule has 7 heteroatoms. The average Bonchev–Trinajstić information content (AvgIpc) is 2.88. The molecule has 6 nitrogen and oxygen atoms in total. The fourth-order valence-electron chi connectivity index (χ4n) is 2.35. The van der Waals surface area contributed by atoms with E-state index in [0.717, 1.165) is 0 Å². The molecule has 1 saturated heterocycles. The van der Waals surface area contributed by atoms with E-state index in [-0.39, 0.29) is 11.9 Å². The molecule has 1 aromatic heterocycles. The summed E-state index contributed by atoms with van der Waals surface area (Å²) in [7, 11) is 0. The molecule has 1 fully saturated rings. The third-order valence-electron chi connectivity index (χ3n) is 3.32. The molecule has 1 aliphatic heterocycles. The Morgan fingerprint density at radius 3 is 2.68 bits per heavy atom. The molecule has 3 rings (SSSR count). The first-order chi connectivity index (χ1) is 9.13. The number of nitrogens with zero attached hydrogens (tertiary/aromatic N) is 2. The Balaban J connectivity index is 2.07. The van der Waals surface area contributed by atoms with Gasteiger partial charge in [-0.3, -0.25) is 4.57 Å². The first kappa shape index (κ1) is 12.8. The summed E-state index contributed by atoms with van der Waals surface area (Å²) >= 11 is 6.07. The summed E-state index contributed by atoms with van der Waals surface area (Å²) in [6, 6.07) is 7.23. The number of imidazole rings is 1. The molecule has 0 spiro atoms. The van der Waals surface area contributed by atoms with Gasteiger partial charge in [0.15, 0.2) is 6.23 Å². The summed E-state index contributed by atoms with van der Waals surface area (Å²) in [6.07, 6.45) is -4.04. The maximum absolute atomic E-state index is 10.0. The number of aromatic nitrogens is 2. The lowest BCUT2D eigenvalue weighted by molar-refractivity contribution is -0.0507. The van der Waals surface area contributed by atoms with Crippen molar-refractivity contribution in [1.82, 2.24) is 9.55 Å². The van der Waals surface area contributed by atoms with E-state index < -0.39 is 24.5 Å². The fourth-order valence-corrected chi connectivity index (χ4v) is 2.63. The molecule has 19 heavy (non-hydrogen) atoms. The molecule has 102 valence electrons. The molecule has 3 N–H and O–H groups in total. The van der Waals surface area contributed by atoms with Crippen LogP contribution in [-0.2, 0) is 4.74 Å². The van der Waals surface area contributed by atoms with Crippen molar-refractivity contribution in [3.05, 3.63) is 29.5 Å². The van der Waals surface area contributed by atoms with Crippen molar-refractivity contribution in [2.75, 3.05) is 6.61 Å². The maximum atomic E-state index is 10.0. The van der Waals surface area contributed by atoms with Crippen LogP contribution in [0.25, 0.3) is 11.0 Å². The molecule has 1 aliphatic rings. The Morgan fingerprint density at radius 1 is 1.26 bits per heavy atom. The fraction of sp³-hybridized carbons (Fsp3) is 0.417. The van der Waals surface area contributed by atoms with Gasteiger partial charge in [-0.1, -0.05) is 12.1 Å². The topological polar surface area (TPSA) is 87.7 Å². The van der Waals surface area contributed by atoms with Crippen molar-refractivity contribution in [1.29, 1.82) is 0 Å². The van der Waals surface area contributed by atoms with E-state index in [4.69, 9.17) is 21.4 Å². The number of halogens is 1. The largest absolute Gasteiger partial charge is 0.394 e. The van der Waals surface area contributed by atoms with Gasteiger partial charge in [0, 0.05) is 0 Å². The van der Waals surface area contributed by atoms with Crippen LogP contribution in [0, 0.1) is 0 Å². The lowest BCUT2D eigenvalue weighted by Crippen LogP contribution is -2.33. The lowest BCUT2D eigenvalue weighted by Gasteiger charge is -2.18. The first-order valence-corrected chi connectivity index (χ1v) is 6.26. The van der Waals surface area contributed by atoms with Crippen LogP contribution in [0.3, 0.4) is 0 Å². The molecular formula is C12H13ClN2O4. The van der Waals surface area contributed by atoms with E-state index in [1.165, 1.54) is 4.57 Å². The van der Waals surface area contributed by atoms with Gasteiger partial charge in [-0.2, -0.15) is 0 Å². The van der Waals surface area contributed by atoms with Gasteiger partial charge in [0.05, 0.1) is 17.6 Å². The number of aliphatic hydroxyl groups is 3. The Bertz CT molecular complexity index is 602. The van der Waals surface area contributed by atoms with E-state index in [9.17, 15) is 10.2 Å². The molecule has 2 heterocycles. The Labute approximate surface area is 113 Å². The maximum Gasteiger partial charge on any atom is 0.205 e. The van der Waals surface area contributed by atoms with E-state index in [1.54, 1.807) is 12.1 Å². The number of fused-ring (bicyclic) bond motifs is 1. The number of rotatable bonds is 2. The summed E-state index contributed by atoms with van der Waals surface area (Å²) in [6.45, 7) is -0.376. The predicted octanol–water partition coefficient (Wildman–Crippen LogP) is 0.301. The highest BCUT2D eigenvalue weighted by Gasteiger charge is 2.44. The number of hydrogen-bond donors (Lipinski definition) is 3. The minimum absolute atomic E-state index is 0.163. The highest BCUT2D eigenvalue weighted by molar-refractivity contribution is 6.29. The smallest absolute Gasteiger partial charge is 0.205 e. The van der Waals surface area contributed by atoms with Gasteiger partial charge in [0.2, 0.25) is 5.28 Å². The molecule has 0 radical (unpaired) electrons. The normalized spacial score (nSPS) is 31.2. The Morgan fingerprint density at radius 2 is 2.00 bits per heavy atom. The number of ether oxygens (including phenoxy) is 1. The van der Waals surface area contributed by atoms with Gasteiger partial charge >= 0.3 is 0 Å². The number of para-hydroxylation sites is 2. The highest BCUT2D eigenvalue weighted by Crippen LogP contribution is 2.34. The molecule has 1 aromatic carbocycles. The molecule has 2 aromatic rings. The number of benzene rings is 1. The molecule has 0 unspecified atom stereocenters. The van der Waals surface area contributed by atoms with Crippen LogP contribution in [-0.4, -0.2) is 49.8 Å². The lowest BCUT2D eigenvalue weighted by atomic mass is 10.1.